The Morgan fingerprint density at radius 1 is 0.822 bits per heavy atom. The molecule has 1 unspecified atom stereocenters. The molecule has 0 bridgehead atoms. The minimum atomic E-state index is -1.23. The summed E-state index contributed by atoms with van der Waals surface area (Å²) in [5.41, 5.74) is -1.19. The second-order valence-electron chi connectivity index (χ2n) is 13.0. The molecule has 3 fully saturated rings. The van der Waals surface area contributed by atoms with Crippen molar-refractivity contribution in [2.75, 3.05) is 65.6 Å². The van der Waals surface area contributed by atoms with Crippen LogP contribution in [-0.4, -0.2) is 125 Å². The lowest BCUT2D eigenvalue weighted by atomic mass is 9.73. The Labute approximate surface area is 266 Å². The van der Waals surface area contributed by atoms with Crippen molar-refractivity contribution >= 4 is 17.7 Å². The Hall–Kier alpha value is -3.05. The third-order valence-corrected chi connectivity index (χ3v) is 10.4. The number of unbranched alkanes of at least 4 members (excludes halogenated alkanes) is 3. The van der Waals surface area contributed by atoms with Gasteiger partial charge in [-0.05, 0) is 24.8 Å². The zero-order valence-corrected chi connectivity index (χ0v) is 26.5. The molecule has 1 N–H and O–H groups in total. The number of morpholine rings is 1. The van der Waals surface area contributed by atoms with E-state index in [0.29, 0.717) is 65.2 Å². The van der Waals surface area contributed by atoms with Crippen LogP contribution in [0.4, 0.5) is 0 Å². The Bertz CT molecular complexity index is 1280. The average Bonchev–Trinajstić information content (AvgIpc) is 3.35. The SMILES string of the molecule is CC[C@@]12C=CCN(Cc3ccccc3)C(=O)[C@@H]1[C@H]1C(=O)N(CCCCCCO)C3C(=O)N(CCN4CCOCC4)CC=C[C@@]31O2. The molecule has 10 heteroatoms. The maximum Gasteiger partial charge on any atom is 0.249 e. The molecule has 5 aliphatic rings. The summed E-state index contributed by atoms with van der Waals surface area (Å²) in [5.74, 6) is -1.91. The Morgan fingerprint density at radius 2 is 1.56 bits per heavy atom. The van der Waals surface area contributed by atoms with E-state index in [0.717, 1.165) is 38.0 Å². The fraction of sp³-hybridized carbons (Fsp3) is 0.629. The average molecular weight is 621 g/mol. The highest BCUT2D eigenvalue weighted by Gasteiger charge is 2.75. The van der Waals surface area contributed by atoms with Crippen molar-refractivity contribution in [3.05, 3.63) is 60.2 Å². The fourth-order valence-electron chi connectivity index (χ4n) is 8.08. The van der Waals surface area contributed by atoms with Crippen molar-refractivity contribution in [2.45, 2.75) is 62.8 Å². The predicted molar refractivity (Wildman–Crippen MR) is 169 cm³/mol. The Balaban J connectivity index is 1.33. The first-order valence-electron chi connectivity index (χ1n) is 16.8. The number of rotatable bonds is 12. The first-order chi connectivity index (χ1) is 21.9. The van der Waals surface area contributed by atoms with Crippen LogP contribution in [0.2, 0.25) is 0 Å². The van der Waals surface area contributed by atoms with Gasteiger partial charge in [0, 0.05) is 59.0 Å². The number of likely N-dealkylation sites (tertiary alicyclic amines) is 1. The van der Waals surface area contributed by atoms with Crippen LogP contribution >= 0.6 is 0 Å². The van der Waals surface area contributed by atoms with Gasteiger partial charge in [0.2, 0.25) is 17.7 Å². The van der Waals surface area contributed by atoms with Gasteiger partial charge in [-0.25, -0.2) is 0 Å². The van der Waals surface area contributed by atoms with Gasteiger partial charge in [0.15, 0.2) is 0 Å². The number of nitrogens with zero attached hydrogens (tertiary/aromatic N) is 4. The van der Waals surface area contributed by atoms with E-state index in [1.807, 2.05) is 71.4 Å². The lowest BCUT2D eigenvalue weighted by Gasteiger charge is -2.39. The van der Waals surface area contributed by atoms with Crippen molar-refractivity contribution in [1.29, 1.82) is 0 Å². The number of carbonyl (C=O) groups excluding carboxylic acids is 3. The highest BCUT2D eigenvalue weighted by molar-refractivity contribution is 6.00. The topological polar surface area (TPSA) is 103 Å². The van der Waals surface area contributed by atoms with E-state index in [1.54, 1.807) is 4.90 Å². The molecule has 0 aromatic heterocycles. The monoisotopic (exact) mass is 620 g/mol. The first kappa shape index (κ1) is 31.9. The Morgan fingerprint density at radius 3 is 2.31 bits per heavy atom. The standard InChI is InChI=1S/C35H48N4O6/c1-2-34-14-10-17-38(26-27-12-6-5-7-13-27)31(41)28(34)29-32(42)39(18-8-3-4-9-23-40)30-33(43)37(16-11-15-35(29,30)45-34)20-19-36-21-24-44-25-22-36/h5-7,10-15,28-30,40H,2-4,8-9,16-26H2,1H3/t28-,29-,30?,34+,35-/m0/s1. The molecule has 3 amide bonds. The van der Waals surface area contributed by atoms with Gasteiger partial charge >= 0.3 is 0 Å². The van der Waals surface area contributed by atoms with E-state index in [4.69, 9.17) is 9.47 Å². The zero-order chi connectivity index (χ0) is 31.4. The normalized spacial score (nSPS) is 31.6. The Kier molecular flexibility index (Phi) is 9.75. The first-order valence-corrected chi connectivity index (χ1v) is 16.8. The van der Waals surface area contributed by atoms with Gasteiger partial charge in [-0.2, -0.15) is 0 Å². The molecule has 45 heavy (non-hydrogen) atoms. The predicted octanol–water partition coefficient (Wildman–Crippen LogP) is 2.23. The van der Waals surface area contributed by atoms with Crippen LogP contribution in [0.5, 0.6) is 0 Å². The maximum absolute atomic E-state index is 14.7. The van der Waals surface area contributed by atoms with Gasteiger partial charge < -0.3 is 29.3 Å². The molecule has 10 nitrogen and oxygen atoms in total. The van der Waals surface area contributed by atoms with Crippen LogP contribution in [0, 0.1) is 11.8 Å². The second-order valence-corrected chi connectivity index (χ2v) is 13.0. The van der Waals surface area contributed by atoms with Crippen molar-refractivity contribution in [1.82, 2.24) is 19.6 Å². The van der Waals surface area contributed by atoms with Crippen molar-refractivity contribution in [2.24, 2.45) is 11.8 Å². The van der Waals surface area contributed by atoms with E-state index in [1.165, 1.54) is 0 Å². The number of fused-ring (bicyclic) bond motifs is 2. The molecule has 6 rings (SSSR count). The molecule has 5 atom stereocenters. The van der Waals surface area contributed by atoms with E-state index < -0.39 is 29.1 Å². The summed E-state index contributed by atoms with van der Waals surface area (Å²) < 4.78 is 12.6. The highest BCUT2D eigenvalue weighted by atomic mass is 16.5. The van der Waals surface area contributed by atoms with Crippen LogP contribution in [0.3, 0.4) is 0 Å². The number of aliphatic hydroxyl groups is 1. The van der Waals surface area contributed by atoms with Crippen LogP contribution in [0.1, 0.15) is 44.6 Å². The molecule has 0 saturated carbocycles. The molecular weight excluding hydrogens is 572 g/mol. The number of aliphatic hydroxyl groups excluding tert-OH is 1. The molecule has 0 aliphatic carbocycles. The molecular formula is C35H48N4O6. The van der Waals surface area contributed by atoms with Crippen molar-refractivity contribution in [3.8, 4) is 0 Å². The van der Waals surface area contributed by atoms with Gasteiger partial charge in [-0.1, -0.05) is 74.4 Å². The van der Waals surface area contributed by atoms with Gasteiger partial charge in [0.05, 0.1) is 30.7 Å². The van der Waals surface area contributed by atoms with Crippen molar-refractivity contribution < 1.29 is 29.0 Å². The summed E-state index contributed by atoms with van der Waals surface area (Å²) in [6.45, 7) is 8.21. The zero-order valence-electron chi connectivity index (χ0n) is 26.5. The maximum atomic E-state index is 14.7. The van der Waals surface area contributed by atoms with Crippen molar-refractivity contribution in [3.63, 3.8) is 0 Å². The summed E-state index contributed by atoms with van der Waals surface area (Å²) in [6, 6.07) is 9.07. The van der Waals surface area contributed by atoms with Crippen LogP contribution in [-0.2, 0) is 30.4 Å². The largest absolute Gasteiger partial charge is 0.396 e. The van der Waals surface area contributed by atoms with Crippen LogP contribution in [0.25, 0.3) is 0 Å². The molecule has 0 radical (unpaired) electrons. The number of ether oxygens (including phenoxy) is 2. The smallest absolute Gasteiger partial charge is 0.249 e. The minimum absolute atomic E-state index is 0.0984. The minimum Gasteiger partial charge on any atom is -0.396 e. The summed E-state index contributed by atoms with van der Waals surface area (Å²) in [5, 5.41) is 9.25. The third kappa shape index (κ3) is 5.98. The van der Waals surface area contributed by atoms with Crippen LogP contribution < -0.4 is 0 Å². The summed E-state index contributed by atoms with van der Waals surface area (Å²) in [6.07, 6.45) is 11.6. The van der Waals surface area contributed by atoms with Gasteiger partial charge in [0.25, 0.3) is 0 Å². The van der Waals surface area contributed by atoms with Gasteiger partial charge in [-0.3, -0.25) is 19.3 Å². The third-order valence-electron chi connectivity index (χ3n) is 10.4. The quantitative estimate of drug-likeness (QED) is 0.283. The lowest BCUT2D eigenvalue weighted by molar-refractivity contribution is -0.154. The van der Waals surface area contributed by atoms with E-state index in [2.05, 4.69) is 4.90 Å². The highest BCUT2D eigenvalue weighted by Crippen LogP contribution is 2.58. The number of benzene rings is 1. The summed E-state index contributed by atoms with van der Waals surface area (Å²) >= 11 is 0. The van der Waals surface area contributed by atoms with E-state index in [-0.39, 0.29) is 24.3 Å². The number of amides is 3. The van der Waals surface area contributed by atoms with E-state index >= 15 is 0 Å². The molecule has 244 valence electrons. The molecule has 3 saturated heterocycles. The molecule has 1 aromatic rings. The summed E-state index contributed by atoms with van der Waals surface area (Å²) in [4.78, 5) is 51.6. The van der Waals surface area contributed by atoms with Crippen LogP contribution in [0.15, 0.2) is 54.6 Å². The molecule has 1 spiro atoms. The number of hydrogen-bond donors (Lipinski definition) is 1. The van der Waals surface area contributed by atoms with Gasteiger partial charge in [0.1, 0.15) is 11.6 Å². The van der Waals surface area contributed by atoms with Gasteiger partial charge in [-0.15, -0.1) is 0 Å². The molecule has 5 heterocycles. The molecule has 5 aliphatic heterocycles. The summed E-state index contributed by atoms with van der Waals surface area (Å²) in [7, 11) is 0. The second kappa shape index (κ2) is 13.7. The number of hydrogen-bond acceptors (Lipinski definition) is 7. The fourth-order valence-corrected chi connectivity index (χ4v) is 8.08. The number of carbonyl (C=O) groups is 3. The molecule has 1 aromatic carbocycles. The lowest BCUT2D eigenvalue weighted by Crippen LogP contribution is -2.57. The van der Waals surface area contributed by atoms with E-state index in [9.17, 15) is 19.5 Å².